The van der Waals surface area contributed by atoms with Crippen molar-refractivity contribution in [3.05, 3.63) is 0 Å². The van der Waals surface area contributed by atoms with Crippen LogP contribution < -0.4 is 5.43 Å². The summed E-state index contributed by atoms with van der Waals surface area (Å²) in [7, 11) is 1.77. The average molecular weight is 200 g/mol. The van der Waals surface area contributed by atoms with Gasteiger partial charge < -0.3 is 4.74 Å². The number of nitrogens with zero attached hydrogens (tertiary/aromatic N) is 1. The SMILES string of the molecule is COCC(NN1CCCCC1)C(C)C. The molecule has 84 valence electrons. The van der Waals surface area contributed by atoms with Gasteiger partial charge in [-0.15, -0.1) is 0 Å². The molecule has 1 aliphatic rings. The second-order valence-electron chi connectivity index (χ2n) is 4.48. The van der Waals surface area contributed by atoms with E-state index < -0.39 is 0 Å². The van der Waals surface area contributed by atoms with Crippen LogP contribution >= 0.6 is 0 Å². The van der Waals surface area contributed by atoms with Crippen molar-refractivity contribution in [3.63, 3.8) is 0 Å². The van der Waals surface area contributed by atoms with Crippen molar-refractivity contribution < 1.29 is 4.74 Å². The number of hydrogen-bond acceptors (Lipinski definition) is 3. The van der Waals surface area contributed by atoms with E-state index in [9.17, 15) is 0 Å². The van der Waals surface area contributed by atoms with Crippen LogP contribution in [0.1, 0.15) is 33.1 Å². The molecule has 14 heavy (non-hydrogen) atoms. The second kappa shape index (κ2) is 6.38. The first-order chi connectivity index (χ1) is 6.74. The molecule has 3 nitrogen and oxygen atoms in total. The zero-order valence-corrected chi connectivity index (χ0v) is 9.75. The highest BCUT2D eigenvalue weighted by molar-refractivity contribution is 4.70. The van der Waals surface area contributed by atoms with Gasteiger partial charge in [-0.05, 0) is 18.8 Å². The highest BCUT2D eigenvalue weighted by Crippen LogP contribution is 2.09. The first-order valence-corrected chi connectivity index (χ1v) is 5.74. The van der Waals surface area contributed by atoms with Crippen LogP contribution in [0.2, 0.25) is 0 Å². The number of hydrazine groups is 1. The Bertz CT molecular complexity index is 144. The van der Waals surface area contributed by atoms with Gasteiger partial charge in [-0.1, -0.05) is 20.3 Å². The monoisotopic (exact) mass is 200 g/mol. The molecule has 1 saturated heterocycles. The van der Waals surface area contributed by atoms with Crippen LogP contribution in [-0.4, -0.2) is 37.9 Å². The van der Waals surface area contributed by atoms with E-state index in [1.165, 1.54) is 32.4 Å². The van der Waals surface area contributed by atoms with E-state index in [0.717, 1.165) is 6.61 Å². The van der Waals surface area contributed by atoms with Gasteiger partial charge in [0.15, 0.2) is 0 Å². The molecular weight excluding hydrogens is 176 g/mol. The molecule has 0 saturated carbocycles. The lowest BCUT2D eigenvalue weighted by molar-refractivity contribution is 0.0657. The van der Waals surface area contributed by atoms with E-state index in [1.807, 2.05) is 0 Å². The molecule has 1 heterocycles. The van der Waals surface area contributed by atoms with Crippen molar-refractivity contribution in [3.8, 4) is 0 Å². The zero-order chi connectivity index (χ0) is 10.4. The normalized spacial score (nSPS) is 21.4. The minimum atomic E-state index is 0.457. The first kappa shape index (κ1) is 12.0. The van der Waals surface area contributed by atoms with E-state index >= 15 is 0 Å². The summed E-state index contributed by atoms with van der Waals surface area (Å²) in [5, 5.41) is 2.35. The first-order valence-electron chi connectivity index (χ1n) is 5.74. The van der Waals surface area contributed by atoms with Gasteiger partial charge in [0.2, 0.25) is 0 Å². The molecule has 1 aliphatic heterocycles. The van der Waals surface area contributed by atoms with Crippen LogP contribution in [0.25, 0.3) is 0 Å². The Morgan fingerprint density at radius 3 is 2.36 bits per heavy atom. The highest BCUT2D eigenvalue weighted by atomic mass is 16.5. The van der Waals surface area contributed by atoms with Gasteiger partial charge in [0.05, 0.1) is 6.61 Å². The molecule has 0 aromatic heterocycles. The largest absolute Gasteiger partial charge is 0.383 e. The molecule has 0 amide bonds. The summed E-state index contributed by atoms with van der Waals surface area (Å²) >= 11 is 0. The van der Waals surface area contributed by atoms with Gasteiger partial charge in [0.25, 0.3) is 0 Å². The Morgan fingerprint density at radius 1 is 1.21 bits per heavy atom. The van der Waals surface area contributed by atoms with E-state index in [1.54, 1.807) is 7.11 Å². The molecular formula is C11H24N2O. The number of nitrogens with one attached hydrogen (secondary N) is 1. The predicted octanol–water partition coefficient (Wildman–Crippen LogP) is 1.65. The minimum Gasteiger partial charge on any atom is -0.383 e. The lowest BCUT2D eigenvalue weighted by Crippen LogP contribution is -2.50. The number of methoxy groups -OCH3 is 1. The molecule has 0 aromatic carbocycles. The Balaban J connectivity index is 2.29. The minimum absolute atomic E-state index is 0.457. The van der Waals surface area contributed by atoms with Gasteiger partial charge in [0, 0.05) is 26.2 Å². The molecule has 0 bridgehead atoms. The molecule has 1 unspecified atom stereocenters. The Labute approximate surface area is 87.8 Å². The molecule has 0 aromatic rings. The third-order valence-electron chi connectivity index (χ3n) is 2.86. The second-order valence-corrected chi connectivity index (χ2v) is 4.48. The Morgan fingerprint density at radius 2 is 1.86 bits per heavy atom. The van der Waals surface area contributed by atoms with Crippen LogP contribution in [0.3, 0.4) is 0 Å². The summed E-state index contributed by atoms with van der Waals surface area (Å²) in [5.74, 6) is 0.622. The smallest absolute Gasteiger partial charge is 0.0632 e. The molecule has 1 atom stereocenters. The molecule has 0 radical (unpaired) electrons. The molecule has 3 heteroatoms. The standard InChI is InChI=1S/C11H24N2O/c1-10(2)11(9-14-3)12-13-7-5-4-6-8-13/h10-12H,4-9H2,1-3H3. The van der Waals surface area contributed by atoms with Gasteiger partial charge in [-0.2, -0.15) is 0 Å². The van der Waals surface area contributed by atoms with E-state index in [0.29, 0.717) is 12.0 Å². The Kier molecular flexibility index (Phi) is 5.45. The van der Waals surface area contributed by atoms with Crippen LogP contribution in [0.15, 0.2) is 0 Å². The van der Waals surface area contributed by atoms with Crippen molar-refractivity contribution in [1.82, 2.24) is 10.4 Å². The fourth-order valence-corrected chi connectivity index (χ4v) is 1.82. The molecule has 1 rings (SSSR count). The number of piperidine rings is 1. The van der Waals surface area contributed by atoms with Crippen molar-refractivity contribution >= 4 is 0 Å². The lowest BCUT2D eigenvalue weighted by atomic mass is 10.1. The summed E-state index contributed by atoms with van der Waals surface area (Å²) in [6.07, 6.45) is 4.03. The van der Waals surface area contributed by atoms with Crippen LogP contribution in [-0.2, 0) is 4.74 Å². The maximum absolute atomic E-state index is 5.22. The topological polar surface area (TPSA) is 24.5 Å². The number of hydrogen-bond donors (Lipinski definition) is 1. The van der Waals surface area contributed by atoms with E-state index in [-0.39, 0.29) is 0 Å². The van der Waals surface area contributed by atoms with Gasteiger partial charge in [-0.3, -0.25) is 0 Å². The van der Waals surface area contributed by atoms with E-state index in [2.05, 4.69) is 24.3 Å². The van der Waals surface area contributed by atoms with Crippen molar-refractivity contribution in [2.24, 2.45) is 5.92 Å². The van der Waals surface area contributed by atoms with Gasteiger partial charge >= 0.3 is 0 Å². The maximum atomic E-state index is 5.22. The lowest BCUT2D eigenvalue weighted by Gasteiger charge is -2.33. The van der Waals surface area contributed by atoms with Crippen LogP contribution in [0.4, 0.5) is 0 Å². The predicted molar refractivity (Wildman–Crippen MR) is 59.1 cm³/mol. The zero-order valence-electron chi connectivity index (χ0n) is 9.75. The maximum Gasteiger partial charge on any atom is 0.0632 e. The molecule has 1 N–H and O–H groups in total. The third-order valence-corrected chi connectivity index (χ3v) is 2.86. The highest BCUT2D eigenvalue weighted by Gasteiger charge is 2.17. The summed E-state index contributed by atoms with van der Waals surface area (Å²) in [6, 6.07) is 0.457. The molecule has 0 aliphatic carbocycles. The van der Waals surface area contributed by atoms with Gasteiger partial charge in [0.1, 0.15) is 0 Å². The van der Waals surface area contributed by atoms with Gasteiger partial charge in [-0.25, -0.2) is 10.4 Å². The van der Waals surface area contributed by atoms with Crippen LogP contribution in [0.5, 0.6) is 0 Å². The van der Waals surface area contributed by atoms with Crippen molar-refractivity contribution in [2.75, 3.05) is 26.8 Å². The summed E-state index contributed by atoms with van der Waals surface area (Å²) < 4.78 is 5.22. The van der Waals surface area contributed by atoms with Crippen LogP contribution in [0, 0.1) is 5.92 Å². The fraction of sp³-hybridized carbons (Fsp3) is 1.00. The average Bonchev–Trinajstić information content (AvgIpc) is 2.18. The number of ether oxygens (including phenoxy) is 1. The summed E-state index contributed by atoms with van der Waals surface area (Å²) in [4.78, 5) is 0. The van der Waals surface area contributed by atoms with E-state index in [4.69, 9.17) is 4.74 Å². The number of rotatable bonds is 5. The fourth-order valence-electron chi connectivity index (χ4n) is 1.82. The Hall–Kier alpha value is -0.120. The molecule has 0 spiro atoms. The third kappa shape index (κ3) is 3.95. The molecule has 1 fully saturated rings. The summed E-state index contributed by atoms with van der Waals surface area (Å²) in [6.45, 7) is 7.65. The van der Waals surface area contributed by atoms with Crippen molar-refractivity contribution in [2.45, 2.75) is 39.2 Å². The summed E-state index contributed by atoms with van der Waals surface area (Å²) in [5.41, 5.74) is 3.56. The van der Waals surface area contributed by atoms with Crippen molar-refractivity contribution in [1.29, 1.82) is 0 Å². The quantitative estimate of drug-likeness (QED) is 0.730.